The number of nitrogens with one attached hydrogen (secondary N) is 2. The Morgan fingerprint density at radius 3 is 2.73 bits per heavy atom. The maximum Gasteiger partial charge on any atom is 0.255 e. The van der Waals surface area contributed by atoms with Crippen LogP contribution in [0.3, 0.4) is 0 Å². The summed E-state index contributed by atoms with van der Waals surface area (Å²) in [4.78, 5) is 3.78. The van der Waals surface area contributed by atoms with Gasteiger partial charge in [-0.05, 0) is 13.3 Å². The summed E-state index contributed by atoms with van der Waals surface area (Å²) in [5, 5.41) is 13.7. The van der Waals surface area contributed by atoms with Crippen molar-refractivity contribution < 1.29 is 8.42 Å². The Balaban J connectivity index is 2.86. The van der Waals surface area contributed by atoms with E-state index in [0.717, 1.165) is 0 Å². The highest BCUT2D eigenvalue weighted by Gasteiger charge is 2.24. The summed E-state index contributed by atoms with van der Waals surface area (Å²) in [5.74, 6) is 0.457. The van der Waals surface area contributed by atoms with Gasteiger partial charge in [0, 0.05) is 0 Å². The second-order valence-corrected chi connectivity index (χ2v) is 4.78. The lowest BCUT2D eigenvalue weighted by atomic mass is 10.4. The maximum absolute atomic E-state index is 11.5. The van der Waals surface area contributed by atoms with Crippen molar-refractivity contribution in [2.24, 2.45) is 0 Å². The molecule has 0 saturated carbocycles. The van der Waals surface area contributed by atoms with Crippen molar-refractivity contribution >= 4 is 16.0 Å². The number of H-pyrrole nitrogens is 1. The van der Waals surface area contributed by atoms with Gasteiger partial charge < -0.3 is 0 Å². The molecule has 8 heteroatoms. The fraction of sp³-hybridized carbons (Fsp3) is 0.571. The number of hydrogen-bond donors (Lipinski definition) is 2. The van der Waals surface area contributed by atoms with Gasteiger partial charge in [-0.15, -0.1) is 5.10 Å². The lowest BCUT2D eigenvalue weighted by Crippen LogP contribution is -2.26. The first-order valence-corrected chi connectivity index (χ1v) is 5.84. The number of anilines is 1. The predicted molar refractivity (Wildman–Crippen MR) is 53.4 cm³/mol. The Kier molecular flexibility index (Phi) is 3.26. The summed E-state index contributed by atoms with van der Waals surface area (Å²) in [5.41, 5.74) is 0. The van der Waals surface area contributed by atoms with E-state index in [1.807, 2.05) is 0 Å². The Labute approximate surface area is 87.6 Å². The first-order chi connectivity index (χ1) is 6.99. The van der Waals surface area contributed by atoms with E-state index in [-0.39, 0.29) is 12.4 Å². The van der Waals surface area contributed by atoms with Crippen LogP contribution in [0.15, 0.2) is 0 Å². The van der Waals surface area contributed by atoms with E-state index in [0.29, 0.717) is 5.82 Å². The first kappa shape index (κ1) is 11.5. The van der Waals surface area contributed by atoms with Gasteiger partial charge in [-0.2, -0.15) is 10.2 Å². The fourth-order valence-electron chi connectivity index (χ4n) is 0.967. The van der Waals surface area contributed by atoms with Crippen LogP contribution in [0.1, 0.15) is 19.2 Å². The van der Waals surface area contributed by atoms with Gasteiger partial charge in [-0.1, -0.05) is 6.92 Å². The molecule has 0 aromatic carbocycles. The molecule has 0 fully saturated rings. The van der Waals surface area contributed by atoms with Gasteiger partial charge in [0.2, 0.25) is 0 Å². The molecule has 2 N–H and O–H groups in total. The van der Waals surface area contributed by atoms with Crippen molar-refractivity contribution in [2.75, 3.05) is 4.72 Å². The molecule has 7 nitrogen and oxygen atoms in total. The van der Waals surface area contributed by atoms with Crippen LogP contribution in [0.5, 0.6) is 0 Å². The molecule has 1 heterocycles. The van der Waals surface area contributed by atoms with Crippen molar-refractivity contribution in [2.45, 2.75) is 25.5 Å². The molecule has 82 valence electrons. The van der Waals surface area contributed by atoms with Gasteiger partial charge in [0.15, 0.2) is 5.25 Å². The predicted octanol–water partition coefficient (Wildman–Crippen LogP) is 0.157. The maximum atomic E-state index is 11.5. The third kappa shape index (κ3) is 2.66. The van der Waals surface area contributed by atoms with E-state index in [1.54, 1.807) is 19.9 Å². The Morgan fingerprint density at radius 2 is 2.33 bits per heavy atom. The molecule has 0 bridgehead atoms. The van der Waals surface area contributed by atoms with E-state index >= 15 is 0 Å². The number of sulfonamides is 1. The Morgan fingerprint density at radius 1 is 1.67 bits per heavy atom. The van der Waals surface area contributed by atoms with E-state index < -0.39 is 15.3 Å². The second-order valence-electron chi connectivity index (χ2n) is 2.92. The van der Waals surface area contributed by atoms with Crippen LogP contribution in [-0.2, 0) is 10.0 Å². The molecule has 1 rings (SSSR count). The molecule has 0 aliphatic carbocycles. The van der Waals surface area contributed by atoms with Crippen molar-refractivity contribution in [1.29, 1.82) is 5.26 Å². The van der Waals surface area contributed by atoms with Gasteiger partial charge >= 0.3 is 0 Å². The lowest BCUT2D eigenvalue weighted by molar-refractivity contribution is 0.592. The van der Waals surface area contributed by atoms with Gasteiger partial charge in [0.05, 0.1) is 6.07 Å². The number of nitriles is 1. The molecule has 0 aliphatic rings. The van der Waals surface area contributed by atoms with Crippen LogP contribution < -0.4 is 4.72 Å². The summed E-state index contributed by atoms with van der Waals surface area (Å²) >= 11 is 0. The largest absolute Gasteiger partial charge is 0.261 e. The molecular formula is C7H11N5O2S. The van der Waals surface area contributed by atoms with Crippen molar-refractivity contribution in [1.82, 2.24) is 15.2 Å². The van der Waals surface area contributed by atoms with Crippen molar-refractivity contribution in [3.8, 4) is 6.07 Å². The van der Waals surface area contributed by atoms with Gasteiger partial charge in [-0.3, -0.25) is 5.10 Å². The number of aromatic nitrogens is 3. The van der Waals surface area contributed by atoms with E-state index in [4.69, 9.17) is 5.26 Å². The molecule has 0 amide bonds. The molecule has 0 spiro atoms. The van der Waals surface area contributed by atoms with Crippen LogP contribution in [0.4, 0.5) is 5.95 Å². The molecule has 1 aromatic heterocycles. The van der Waals surface area contributed by atoms with E-state index in [9.17, 15) is 8.42 Å². The van der Waals surface area contributed by atoms with Gasteiger partial charge in [-0.25, -0.2) is 13.1 Å². The summed E-state index contributed by atoms with van der Waals surface area (Å²) in [7, 11) is -3.72. The van der Waals surface area contributed by atoms with Crippen LogP contribution in [0.2, 0.25) is 0 Å². The van der Waals surface area contributed by atoms with Crippen molar-refractivity contribution in [3.63, 3.8) is 0 Å². The monoisotopic (exact) mass is 229 g/mol. The molecule has 1 unspecified atom stereocenters. The molecule has 1 atom stereocenters. The van der Waals surface area contributed by atoms with Crippen LogP contribution >= 0.6 is 0 Å². The lowest BCUT2D eigenvalue weighted by Gasteiger charge is -2.07. The molecule has 0 aliphatic heterocycles. The fourth-order valence-corrected chi connectivity index (χ4v) is 2.03. The van der Waals surface area contributed by atoms with Gasteiger partial charge in [0.25, 0.3) is 16.0 Å². The van der Waals surface area contributed by atoms with Crippen LogP contribution in [-0.4, -0.2) is 28.8 Å². The third-order valence-corrected chi connectivity index (χ3v) is 3.38. The Bertz CT molecular complexity index is 472. The average molecular weight is 229 g/mol. The minimum absolute atomic E-state index is 0.0406. The molecule has 15 heavy (non-hydrogen) atoms. The van der Waals surface area contributed by atoms with Crippen LogP contribution in [0, 0.1) is 18.3 Å². The standard InChI is InChI=1S/C7H11N5O2S/c1-3-6(4-8)15(13,14)12-7-9-5(2)10-11-7/h6H,3H2,1-2H3,(H2,9,10,11,12). The minimum atomic E-state index is -3.72. The van der Waals surface area contributed by atoms with Crippen molar-refractivity contribution in [3.05, 3.63) is 5.82 Å². The zero-order valence-electron chi connectivity index (χ0n) is 8.35. The molecule has 0 radical (unpaired) electrons. The summed E-state index contributed by atoms with van der Waals surface area (Å²) in [6.45, 7) is 3.27. The number of rotatable bonds is 4. The highest BCUT2D eigenvalue weighted by Crippen LogP contribution is 2.08. The summed E-state index contributed by atoms with van der Waals surface area (Å²) < 4.78 is 25.2. The number of aromatic amines is 1. The Hall–Kier alpha value is -1.62. The second kappa shape index (κ2) is 4.27. The number of nitrogens with zero attached hydrogens (tertiary/aromatic N) is 3. The smallest absolute Gasteiger partial charge is 0.255 e. The highest BCUT2D eigenvalue weighted by molar-refractivity contribution is 7.93. The van der Waals surface area contributed by atoms with Crippen LogP contribution in [0.25, 0.3) is 0 Å². The third-order valence-electron chi connectivity index (χ3n) is 1.72. The number of hydrogen-bond acceptors (Lipinski definition) is 5. The summed E-state index contributed by atoms with van der Waals surface area (Å²) in [6, 6.07) is 1.70. The molecule has 0 saturated heterocycles. The minimum Gasteiger partial charge on any atom is -0.261 e. The average Bonchev–Trinajstić information content (AvgIpc) is 2.51. The SMILES string of the molecule is CCC(C#N)S(=O)(=O)Nc1n[nH]c(C)n1. The highest BCUT2D eigenvalue weighted by atomic mass is 32.2. The zero-order chi connectivity index (χ0) is 11.5. The number of aryl methyl sites for hydroxylation is 1. The van der Waals surface area contributed by atoms with E-state index in [2.05, 4.69) is 19.9 Å². The normalized spacial score (nSPS) is 13.1. The topological polar surface area (TPSA) is 112 Å². The zero-order valence-corrected chi connectivity index (χ0v) is 9.17. The quantitative estimate of drug-likeness (QED) is 0.763. The van der Waals surface area contributed by atoms with Gasteiger partial charge in [0.1, 0.15) is 5.82 Å². The summed E-state index contributed by atoms with van der Waals surface area (Å²) in [6.07, 6.45) is 0.217. The first-order valence-electron chi connectivity index (χ1n) is 4.30. The van der Waals surface area contributed by atoms with E-state index in [1.165, 1.54) is 0 Å². The molecule has 1 aromatic rings. The molecular weight excluding hydrogens is 218 g/mol.